The van der Waals surface area contributed by atoms with Gasteiger partial charge in [0.15, 0.2) is 0 Å². The average Bonchev–Trinajstić information content (AvgIpc) is 2.32. The molecule has 0 fully saturated rings. The molecule has 2 N–H and O–H groups in total. The maximum absolute atomic E-state index is 11.4. The Morgan fingerprint density at radius 1 is 1.33 bits per heavy atom. The smallest absolute Gasteiger partial charge is 0.306 e. The van der Waals surface area contributed by atoms with E-state index in [1.165, 1.54) is 0 Å². The molecule has 0 aromatic rings. The predicted molar refractivity (Wildman–Crippen MR) is 66.0 cm³/mol. The van der Waals surface area contributed by atoms with E-state index in [4.69, 9.17) is 9.47 Å². The number of rotatable bonds is 9. The molecule has 0 aromatic heterocycles. The van der Waals surface area contributed by atoms with Crippen molar-refractivity contribution in [1.29, 1.82) is 0 Å². The van der Waals surface area contributed by atoms with E-state index in [0.29, 0.717) is 19.6 Å². The highest BCUT2D eigenvalue weighted by Crippen LogP contribution is 2.07. The normalized spacial score (nSPS) is 13.8. The van der Waals surface area contributed by atoms with E-state index in [0.717, 1.165) is 0 Å². The zero-order valence-corrected chi connectivity index (χ0v) is 11.3. The number of esters is 1. The number of nitrogens with one attached hydrogen (secondary N) is 1. The van der Waals surface area contributed by atoms with E-state index in [1.807, 2.05) is 0 Å². The molecule has 6 heteroatoms. The van der Waals surface area contributed by atoms with Gasteiger partial charge in [0.2, 0.25) is 5.91 Å². The van der Waals surface area contributed by atoms with Crippen molar-refractivity contribution in [3.8, 4) is 0 Å². The summed E-state index contributed by atoms with van der Waals surface area (Å²) >= 11 is 0. The summed E-state index contributed by atoms with van der Waals surface area (Å²) in [6.07, 6.45) is 0.556. The number of carbonyl (C=O) groups excluding carboxylic acids is 2. The first-order valence-corrected chi connectivity index (χ1v) is 6.05. The molecule has 0 rings (SSSR count). The standard InChI is InChI=1S/C12H23NO5/c1-4-18-11(15)6-5-10(14)13-9-12(2,16)7-8-17-3/h16H,4-9H2,1-3H3,(H,13,14). The monoisotopic (exact) mass is 261 g/mol. The van der Waals surface area contributed by atoms with Gasteiger partial charge in [-0.2, -0.15) is 0 Å². The molecule has 0 spiro atoms. The summed E-state index contributed by atoms with van der Waals surface area (Å²) in [7, 11) is 1.55. The third kappa shape index (κ3) is 8.95. The van der Waals surface area contributed by atoms with E-state index >= 15 is 0 Å². The molecular formula is C12H23NO5. The Bertz CT molecular complexity index is 265. The first-order valence-electron chi connectivity index (χ1n) is 6.05. The van der Waals surface area contributed by atoms with Crippen LogP contribution in [0.2, 0.25) is 0 Å². The molecule has 1 unspecified atom stereocenters. The van der Waals surface area contributed by atoms with Gasteiger partial charge in [-0.1, -0.05) is 0 Å². The van der Waals surface area contributed by atoms with Crippen LogP contribution in [0, 0.1) is 0 Å². The van der Waals surface area contributed by atoms with Crippen molar-refractivity contribution in [1.82, 2.24) is 5.32 Å². The average molecular weight is 261 g/mol. The van der Waals surface area contributed by atoms with Crippen molar-refractivity contribution in [2.75, 3.05) is 26.9 Å². The molecular weight excluding hydrogens is 238 g/mol. The molecule has 106 valence electrons. The van der Waals surface area contributed by atoms with Gasteiger partial charge in [0.1, 0.15) is 0 Å². The van der Waals surface area contributed by atoms with Gasteiger partial charge in [0.25, 0.3) is 0 Å². The van der Waals surface area contributed by atoms with Gasteiger partial charge >= 0.3 is 5.97 Å². The topological polar surface area (TPSA) is 84.9 Å². The predicted octanol–water partition coefficient (Wildman–Crippen LogP) is 0.233. The molecule has 18 heavy (non-hydrogen) atoms. The Labute approximate surface area is 108 Å². The van der Waals surface area contributed by atoms with Gasteiger partial charge in [0, 0.05) is 33.1 Å². The first kappa shape index (κ1) is 16.9. The van der Waals surface area contributed by atoms with E-state index in [1.54, 1.807) is 21.0 Å². The number of amides is 1. The van der Waals surface area contributed by atoms with Crippen LogP contribution in [-0.2, 0) is 19.1 Å². The van der Waals surface area contributed by atoms with E-state index in [-0.39, 0.29) is 25.3 Å². The van der Waals surface area contributed by atoms with Gasteiger partial charge < -0.3 is 19.9 Å². The van der Waals surface area contributed by atoms with E-state index in [2.05, 4.69) is 5.32 Å². The molecule has 0 aliphatic rings. The minimum atomic E-state index is -1.00. The summed E-state index contributed by atoms with van der Waals surface area (Å²) in [6.45, 7) is 4.21. The SMILES string of the molecule is CCOC(=O)CCC(=O)NCC(C)(O)CCOC. The number of hydrogen-bond donors (Lipinski definition) is 2. The van der Waals surface area contributed by atoms with Crippen LogP contribution in [0.3, 0.4) is 0 Å². The lowest BCUT2D eigenvalue weighted by Gasteiger charge is -2.23. The highest BCUT2D eigenvalue weighted by molar-refractivity contribution is 5.81. The molecule has 0 bridgehead atoms. The zero-order valence-electron chi connectivity index (χ0n) is 11.3. The van der Waals surface area contributed by atoms with Crippen molar-refractivity contribution < 1.29 is 24.2 Å². The van der Waals surface area contributed by atoms with Crippen LogP contribution >= 0.6 is 0 Å². The maximum atomic E-state index is 11.4. The van der Waals surface area contributed by atoms with Gasteiger partial charge in [0.05, 0.1) is 18.6 Å². The van der Waals surface area contributed by atoms with Crippen LogP contribution in [0.4, 0.5) is 0 Å². The third-order valence-corrected chi connectivity index (χ3v) is 2.37. The van der Waals surface area contributed by atoms with Crippen molar-refractivity contribution in [3.05, 3.63) is 0 Å². The number of aliphatic hydroxyl groups is 1. The second-order valence-electron chi connectivity index (χ2n) is 4.32. The van der Waals surface area contributed by atoms with Crippen molar-refractivity contribution in [3.63, 3.8) is 0 Å². The molecule has 1 atom stereocenters. The van der Waals surface area contributed by atoms with Crippen LogP contribution in [0.25, 0.3) is 0 Å². The van der Waals surface area contributed by atoms with Gasteiger partial charge in [-0.15, -0.1) is 0 Å². The molecule has 1 amide bonds. The Hall–Kier alpha value is -1.14. The van der Waals surface area contributed by atoms with Crippen molar-refractivity contribution >= 4 is 11.9 Å². The second-order valence-corrected chi connectivity index (χ2v) is 4.32. The quantitative estimate of drug-likeness (QED) is 0.580. The number of ether oxygens (including phenoxy) is 2. The fraction of sp³-hybridized carbons (Fsp3) is 0.833. The summed E-state index contributed by atoms with van der Waals surface area (Å²) in [6, 6.07) is 0. The molecule has 0 radical (unpaired) electrons. The summed E-state index contributed by atoms with van der Waals surface area (Å²) in [5.74, 6) is -0.667. The fourth-order valence-electron chi connectivity index (χ4n) is 1.24. The van der Waals surface area contributed by atoms with Crippen LogP contribution in [-0.4, -0.2) is 49.5 Å². The zero-order chi connectivity index (χ0) is 14.0. The van der Waals surface area contributed by atoms with Crippen molar-refractivity contribution in [2.24, 2.45) is 0 Å². The first-order chi connectivity index (χ1) is 8.41. The van der Waals surface area contributed by atoms with Gasteiger partial charge in [-0.05, 0) is 13.8 Å². The Morgan fingerprint density at radius 2 is 2.00 bits per heavy atom. The van der Waals surface area contributed by atoms with Gasteiger partial charge in [-0.3, -0.25) is 9.59 Å². The van der Waals surface area contributed by atoms with Crippen LogP contribution in [0.5, 0.6) is 0 Å². The summed E-state index contributed by atoms with van der Waals surface area (Å²) < 4.78 is 9.56. The Kier molecular flexibility index (Phi) is 8.32. The lowest BCUT2D eigenvalue weighted by atomic mass is 10.0. The molecule has 6 nitrogen and oxygen atoms in total. The number of methoxy groups -OCH3 is 1. The Morgan fingerprint density at radius 3 is 2.56 bits per heavy atom. The van der Waals surface area contributed by atoms with E-state index < -0.39 is 11.6 Å². The van der Waals surface area contributed by atoms with Crippen LogP contribution < -0.4 is 5.32 Å². The summed E-state index contributed by atoms with van der Waals surface area (Å²) in [5, 5.41) is 12.4. The molecule has 0 heterocycles. The third-order valence-electron chi connectivity index (χ3n) is 2.37. The highest BCUT2D eigenvalue weighted by Gasteiger charge is 2.20. The summed E-state index contributed by atoms with van der Waals surface area (Å²) in [5.41, 5.74) is -1.00. The second kappa shape index (κ2) is 8.88. The molecule has 0 saturated carbocycles. The fourth-order valence-corrected chi connectivity index (χ4v) is 1.24. The largest absolute Gasteiger partial charge is 0.466 e. The number of hydrogen-bond acceptors (Lipinski definition) is 5. The molecule has 0 aliphatic heterocycles. The van der Waals surface area contributed by atoms with Gasteiger partial charge in [-0.25, -0.2) is 0 Å². The lowest BCUT2D eigenvalue weighted by molar-refractivity contribution is -0.144. The van der Waals surface area contributed by atoms with Crippen LogP contribution in [0.15, 0.2) is 0 Å². The minimum absolute atomic E-state index is 0.0554. The minimum Gasteiger partial charge on any atom is -0.466 e. The molecule has 0 saturated heterocycles. The molecule has 0 aromatic carbocycles. The summed E-state index contributed by atoms with van der Waals surface area (Å²) in [4.78, 5) is 22.4. The maximum Gasteiger partial charge on any atom is 0.306 e. The van der Waals surface area contributed by atoms with Crippen LogP contribution in [0.1, 0.15) is 33.1 Å². The van der Waals surface area contributed by atoms with E-state index in [9.17, 15) is 14.7 Å². The Balaban J connectivity index is 3.78. The molecule has 0 aliphatic carbocycles. The highest BCUT2D eigenvalue weighted by atomic mass is 16.5. The lowest BCUT2D eigenvalue weighted by Crippen LogP contribution is -2.41. The number of carbonyl (C=O) groups is 2. The van der Waals surface area contributed by atoms with Crippen molar-refractivity contribution in [2.45, 2.75) is 38.7 Å².